The van der Waals surface area contributed by atoms with Crippen LogP contribution in [0.2, 0.25) is 0 Å². The Morgan fingerprint density at radius 2 is 2.18 bits per heavy atom. The third-order valence-corrected chi connectivity index (χ3v) is 3.58. The number of fused-ring (bicyclic) bond motifs is 1. The zero-order chi connectivity index (χ0) is 11.8. The second-order valence-electron chi connectivity index (χ2n) is 4.62. The fourth-order valence-electron chi connectivity index (χ4n) is 2.46. The van der Waals surface area contributed by atoms with Crippen LogP contribution in [0.15, 0.2) is 24.5 Å². The molecule has 2 aromatic rings. The summed E-state index contributed by atoms with van der Waals surface area (Å²) in [6.45, 7) is 5.26. The Morgan fingerprint density at radius 3 is 2.94 bits per heavy atom. The van der Waals surface area contributed by atoms with Crippen molar-refractivity contribution in [1.82, 2.24) is 9.55 Å². The molecule has 1 aliphatic heterocycles. The summed E-state index contributed by atoms with van der Waals surface area (Å²) in [6, 6.07) is 6.46. The van der Waals surface area contributed by atoms with Gasteiger partial charge in [-0.25, -0.2) is 4.98 Å². The zero-order valence-electron chi connectivity index (χ0n) is 10.3. The largest absolute Gasteiger partial charge is 0.385 e. The molecule has 0 spiro atoms. The Bertz CT molecular complexity index is 555. The van der Waals surface area contributed by atoms with Crippen LogP contribution in [0.5, 0.6) is 0 Å². The summed E-state index contributed by atoms with van der Waals surface area (Å²) in [5, 5.41) is 3.47. The first-order chi connectivity index (χ1) is 8.27. The van der Waals surface area contributed by atoms with Crippen LogP contribution in [0.4, 0.5) is 5.69 Å². The third-order valence-electron chi connectivity index (χ3n) is 3.58. The Morgan fingerprint density at radius 1 is 1.29 bits per heavy atom. The minimum Gasteiger partial charge on any atom is -0.385 e. The average molecular weight is 227 g/mol. The highest BCUT2D eigenvalue weighted by molar-refractivity contribution is 5.62. The van der Waals surface area contributed by atoms with E-state index in [0.29, 0.717) is 0 Å². The van der Waals surface area contributed by atoms with E-state index in [1.54, 1.807) is 0 Å². The van der Waals surface area contributed by atoms with Gasteiger partial charge in [0.2, 0.25) is 0 Å². The van der Waals surface area contributed by atoms with Crippen molar-refractivity contribution in [2.24, 2.45) is 0 Å². The molecule has 3 nitrogen and oxygen atoms in total. The number of hydrogen-bond acceptors (Lipinski definition) is 2. The van der Waals surface area contributed by atoms with Gasteiger partial charge in [0.05, 0.1) is 17.7 Å². The normalized spacial score (nSPS) is 14.2. The van der Waals surface area contributed by atoms with Crippen molar-refractivity contribution < 1.29 is 0 Å². The van der Waals surface area contributed by atoms with E-state index in [4.69, 9.17) is 0 Å². The smallest absolute Gasteiger partial charge is 0.0997 e. The fourth-order valence-corrected chi connectivity index (χ4v) is 2.46. The Labute approximate surface area is 101 Å². The van der Waals surface area contributed by atoms with Gasteiger partial charge in [0.25, 0.3) is 0 Å². The predicted octanol–water partition coefficient (Wildman–Crippen LogP) is 2.85. The molecule has 1 aromatic carbocycles. The molecular formula is C14H17N3. The van der Waals surface area contributed by atoms with E-state index in [1.807, 2.05) is 6.33 Å². The van der Waals surface area contributed by atoms with Crippen molar-refractivity contribution in [1.29, 1.82) is 0 Å². The van der Waals surface area contributed by atoms with Crippen molar-refractivity contribution in [3.8, 4) is 5.69 Å². The van der Waals surface area contributed by atoms with Gasteiger partial charge < -0.3 is 9.88 Å². The van der Waals surface area contributed by atoms with Crippen LogP contribution in [0.25, 0.3) is 5.69 Å². The molecule has 2 heterocycles. The van der Waals surface area contributed by atoms with E-state index in [2.05, 4.69) is 46.9 Å². The van der Waals surface area contributed by atoms with E-state index in [0.717, 1.165) is 18.7 Å². The second-order valence-corrected chi connectivity index (χ2v) is 4.62. The lowest BCUT2D eigenvalue weighted by atomic mass is 10.0. The van der Waals surface area contributed by atoms with Crippen molar-refractivity contribution in [3.05, 3.63) is 41.5 Å². The van der Waals surface area contributed by atoms with Gasteiger partial charge in [0.1, 0.15) is 0 Å². The molecule has 0 amide bonds. The van der Waals surface area contributed by atoms with Crippen LogP contribution in [-0.2, 0) is 6.42 Å². The van der Waals surface area contributed by atoms with E-state index < -0.39 is 0 Å². The molecular weight excluding hydrogens is 210 g/mol. The second kappa shape index (κ2) is 3.91. The lowest BCUT2D eigenvalue weighted by molar-refractivity contribution is 0.815. The quantitative estimate of drug-likeness (QED) is 0.812. The Hall–Kier alpha value is -1.77. The number of nitrogens with zero attached hydrogens (tertiary/aromatic N) is 2. The van der Waals surface area contributed by atoms with E-state index in [9.17, 15) is 0 Å². The molecule has 0 saturated carbocycles. The molecule has 0 radical (unpaired) electrons. The highest BCUT2D eigenvalue weighted by atomic mass is 15.1. The van der Waals surface area contributed by atoms with Crippen molar-refractivity contribution in [2.75, 3.05) is 11.9 Å². The molecule has 0 fully saturated rings. The molecule has 0 saturated heterocycles. The summed E-state index contributed by atoms with van der Waals surface area (Å²) in [7, 11) is 0. The summed E-state index contributed by atoms with van der Waals surface area (Å²) in [5.74, 6) is 0. The van der Waals surface area contributed by atoms with Gasteiger partial charge in [-0.05, 0) is 44.4 Å². The summed E-state index contributed by atoms with van der Waals surface area (Å²) < 4.78 is 2.20. The lowest BCUT2D eigenvalue weighted by Gasteiger charge is -2.21. The van der Waals surface area contributed by atoms with Crippen molar-refractivity contribution in [3.63, 3.8) is 0 Å². The summed E-state index contributed by atoms with van der Waals surface area (Å²) >= 11 is 0. The highest BCUT2D eigenvalue weighted by Gasteiger charge is 2.15. The monoisotopic (exact) mass is 227 g/mol. The fraction of sp³-hybridized carbons (Fsp3) is 0.357. The van der Waals surface area contributed by atoms with E-state index >= 15 is 0 Å². The van der Waals surface area contributed by atoms with E-state index in [-0.39, 0.29) is 0 Å². The van der Waals surface area contributed by atoms with Crippen LogP contribution in [0.1, 0.15) is 23.4 Å². The maximum absolute atomic E-state index is 4.38. The number of rotatable bonds is 1. The Balaban J connectivity index is 2.18. The topological polar surface area (TPSA) is 29.9 Å². The number of hydrogen-bond donors (Lipinski definition) is 1. The van der Waals surface area contributed by atoms with Crippen LogP contribution in [0, 0.1) is 13.8 Å². The van der Waals surface area contributed by atoms with Crippen molar-refractivity contribution in [2.45, 2.75) is 26.7 Å². The van der Waals surface area contributed by atoms with Crippen LogP contribution >= 0.6 is 0 Å². The number of imidazole rings is 1. The molecule has 3 heteroatoms. The number of aromatic nitrogens is 2. The number of nitrogens with one attached hydrogen (secondary N) is 1. The summed E-state index contributed by atoms with van der Waals surface area (Å²) in [6.07, 6.45) is 4.28. The first-order valence-electron chi connectivity index (χ1n) is 6.14. The predicted molar refractivity (Wildman–Crippen MR) is 69.8 cm³/mol. The van der Waals surface area contributed by atoms with Crippen molar-refractivity contribution >= 4 is 5.69 Å². The first kappa shape index (κ1) is 10.4. The van der Waals surface area contributed by atoms with Gasteiger partial charge in [-0.1, -0.05) is 6.07 Å². The highest BCUT2D eigenvalue weighted by Crippen LogP contribution is 2.28. The van der Waals surface area contributed by atoms with Gasteiger partial charge in [-0.15, -0.1) is 0 Å². The molecule has 1 aliphatic rings. The SMILES string of the molecule is Cc1ncn(-c2cccc3c2CCCN3)c1C. The average Bonchev–Trinajstić information content (AvgIpc) is 2.69. The minimum atomic E-state index is 1.08. The molecule has 1 N–H and O–H groups in total. The first-order valence-corrected chi connectivity index (χ1v) is 6.14. The van der Waals surface area contributed by atoms with Crippen LogP contribution in [-0.4, -0.2) is 16.1 Å². The van der Waals surface area contributed by atoms with Gasteiger partial charge in [-0.3, -0.25) is 0 Å². The van der Waals surface area contributed by atoms with Crippen LogP contribution in [0.3, 0.4) is 0 Å². The van der Waals surface area contributed by atoms with Gasteiger partial charge in [-0.2, -0.15) is 0 Å². The Kier molecular flexibility index (Phi) is 2.39. The molecule has 17 heavy (non-hydrogen) atoms. The molecule has 0 unspecified atom stereocenters. The maximum Gasteiger partial charge on any atom is 0.0997 e. The van der Waals surface area contributed by atoms with Gasteiger partial charge in [0, 0.05) is 17.9 Å². The van der Waals surface area contributed by atoms with Gasteiger partial charge >= 0.3 is 0 Å². The molecule has 3 rings (SSSR count). The van der Waals surface area contributed by atoms with E-state index in [1.165, 1.54) is 29.1 Å². The molecule has 0 bridgehead atoms. The molecule has 0 atom stereocenters. The molecule has 0 aliphatic carbocycles. The summed E-state index contributed by atoms with van der Waals surface area (Å²) in [5.41, 5.74) is 6.29. The lowest BCUT2D eigenvalue weighted by Crippen LogP contribution is -2.14. The number of anilines is 1. The summed E-state index contributed by atoms with van der Waals surface area (Å²) in [4.78, 5) is 4.38. The van der Waals surface area contributed by atoms with Crippen LogP contribution < -0.4 is 5.32 Å². The molecule has 1 aromatic heterocycles. The third kappa shape index (κ3) is 1.62. The maximum atomic E-state index is 4.38. The number of benzene rings is 1. The minimum absolute atomic E-state index is 1.08. The van der Waals surface area contributed by atoms with Gasteiger partial charge in [0.15, 0.2) is 0 Å². The standard InChI is InChI=1S/C14H17N3/c1-10-11(2)17(9-16-10)14-7-3-6-13-12(14)5-4-8-15-13/h3,6-7,9,15H,4-5,8H2,1-2H3. The zero-order valence-corrected chi connectivity index (χ0v) is 10.3. The number of aryl methyl sites for hydroxylation is 1. The molecule has 88 valence electrons.